The Hall–Kier alpha value is -1.05. The third-order valence-corrected chi connectivity index (χ3v) is 6.31. The molecule has 0 radical (unpaired) electrons. The van der Waals surface area contributed by atoms with Gasteiger partial charge in [0.2, 0.25) is 0 Å². The second-order valence-electron chi connectivity index (χ2n) is 4.72. The third kappa shape index (κ3) is 3.59. The van der Waals surface area contributed by atoms with Crippen LogP contribution in [0, 0.1) is 13.8 Å². The molecule has 2 aromatic carbocycles. The van der Waals surface area contributed by atoms with Crippen molar-refractivity contribution in [3.8, 4) is 0 Å². The second kappa shape index (κ2) is 5.98. The van der Waals surface area contributed by atoms with Gasteiger partial charge in [0, 0.05) is 20.3 Å². The van der Waals surface area contributed by atoms with Crippen molar-refractivity contribution < 1.29 is 8.42 Å². The van der Waals surface area contributed by atoms with Crippen molar-refractivity contribution in [2.45, 2.75) is 18.7 Å². The molecule has 3 N–H and O–H groups in total. The number of nitrogens with one attached hydrogen (secondary N) is 1. The van der Waals surface area contributed by atoms with Gasteiger partial charge in [0.25, 0.3) is 10.0 Å². The van der Waals surface area contributed by atoms with Crippen LogP contribution in [0.15, 0.2) is 44.2 Å². The maximum absolute atomic E-state index is 12.5. The first-order valence-electron chi connectivity index (χ1n) is 6.05. The fraction of sp³-hybridized carbons (Fsp3) is 0.143. The van der Waals surface area contributed by atoms with Gasteiger partial charge in [0.1, 0.15) is 4.90 Å². The first-order chi connectivity index (χ1) is 9.70. The van der Waals surface area contributed by atoms with Crippen molar-refractivity contribution in [1.82, 2.24) is 0 Å². The summed E-state index contributed by atoms with van der Waals surface area (Å²) in [6, 6.07) is 8.52. The maximum atomic E-state index is 12.5. The number of nitrogen functional groups attached to an aromatic ring is 1. The molecule has 112 valence electrons. The van der Waals surface area contributed by atoms with E-state index in [1.165, 1.54) is 0 Å². The van der Waals surface area contributed by atoms with E-state index < -0.39 is 10.0 Å². The van der Waals surface area contributed by atoms with Crippen LogP contribution < -0.4 is 10.5 Å². The minimum atomic E-state index is -3.72. The van der Waals surface area contributed by atoms with Crippen molar-refractivity contribution >= 4 is 53.3 Å². The molecule has 0 fully saturated rings. The predicted molar refractivity (Wildman–Crippen MR) is 93.0 cm³/mol. The molecule has 0 amide bonds. The monoisotopic (exact) mass is 432 g/mol. The van der Waals surface area contributed by atoms with E-state index in [0.29, 0.717) is 20.3 Å². The molecule has 0 aliphatic carbocycles. The summed E-state index contributed by atoms with van der Waals surface area (Å²) in [4.78, 5) is 0.120. The van der Waals surface area contributed by atoms with Gasteiger partial charge in [0.05, 0.1) is 0 Å². The molecule has 2 aromatic rings. The van der Waals surface area contributed by atoms with Crippen LogP contribution in [0.3, 0.4) is 0 Å². The van der Waals surface area contributed by atoms with Crippen molar-refractivity contribution in [3.63, 3.8) is 0 Å². The summed E-state index contributed by atoms with van der Waals surface area (Å²) >= 11 is 6.49. The number of sulfonamides is 1. The van der Waals surface area contributed by atoms with E-state index in [0.717, 1.165) is 11.1 Å². The molecule has 0 aromatic heterocycles. The Bertz CT molecular complexity index is 782. The smallest absolute Gasteiger partial charge is 0.264 e. The molecule has 0 unspecified atom stereocenters. The van der Waals surface area contributed by atoms with Gasteiger partial charge in [-0.1, -0.05) is 6.07 Å². The molecule has 0 aliphatic heterocycles. The first kappa shape index (κ1) is 16.3. The minimum absolute atomic E-state index is 0.120. The summed E-state index contributed by atoms with van der Waals surface area (Å²) in [5, 5.41) is 0. The lowest BCUT2D eigenvalue weighted by Gasteiger charge is -2.13. The Balaban J connectivity index is 2.46. The Morgan fingerprint density at radius 2 is 1.57 bits per heavy atom. The van der Waals surface area contributed by atoms with Gasteiger partial charge in [-0.3, -0.25) is 4.72 Å². The Labute approximate surface area is 141 Å². The van der Waals surface area contributed by atoms with E-state index >= 15 is 0 Å². The molecule has 2 rings (SSSR count). The summed E-state index contributed by atoms with van der Waals surface area (Å²) in [5.41, 5.74) is 8.80. The molecule has 4 nitrogen and oxygen atoms in total. The van der Waals surface area contributed by atoms with E-state index in [9.17, 15) is 8.42 Å². The highest BCUT2D eigenvalue weighted by Gasteiger charge is 2.22. The molecule has 0 aliphatic rings. The lowest BCUT2D eigenvalue weighted by Crippen LogP contribution is -2.14. The molecular weight excluding hydrogens is 420 g/mol. The molecule has 0 saturated carbocycles. The molecule has 7 heteroatoms. The number of rotatable bonds is 3. The van der Waals surface area contributed by atoms with Gasteiger partial charge >= 0.3 is 0 Å². The molecule has 0 spiro atoms. The highest BCUT2D eigenvalue weighted by Crippen LogP contribution is 2.33. The average Bonchev–Trinajstić information content (AvgIpc) is 2.31. The summed E-state index contributed by atoms with van der Waals surface area (Å²) in [6.07, 6.45) is 0. The fourth-order valence-corrected chi connectivity index (χ4v) is 5.52. The van der Waals surface area contributed by atoms with Gasteiger partial charge in [-0.05, 0) is 81.1 Å². The van der Waals surface area contributed by atoms with Crippen molar-refractivity contribution in [3.05, 3.63) is 50.4 Å². The van der Waals surface area contributed by atoms with E-state index in [-0.39, 0.29) is 4.90 Å². The van der Waals surface area contributed by atoms with Gasteiger partial charge in [-0.2, -0.15) is 0 Å². The zero-order chi connectivity index (χ0) is 15.8. The average molecular weight is 434 g/mol. The number of benzene rings is 2. The summed E-state index contributed by atoms with van der Waals surface area (Å²) < 4.78 is 28.5. The van der Waals surface area contributed by atoms with Gasteiger partial charge < -0.3 is 5.73 Å². The van der Waals surface area contributed by atoms with Gasteiger partial charge in [-0.15, -0.1) is 0 Å². The lowest BCUT2D eigenvalue weighted by molar-refractivity contribution is 0.600. The number of nitrogens with two attached hydrogens (primary N) is 1. The quantitative estimate of drug-likeness (QED) is 0.712. The number of aryl methyl sites for hydroxylation is 2. The molecular formula is C14H14Br2N2O2S. The van der Waals surface area contributed by atoms with E-state index in [4.69, 9.17) is 5.73 Å². The van der Waals surface area contributed by atoms with Crippen LogP contribution in [0.5, 0.6) is 0 Å². The number of anilines is 2. The largest absolute Gasteiger partial charge is 0.399 e. The van der Waals surface area contributed by atoms with Gasteiger partial charge in [-0.25, -0.2) is 8.42 Å². The van der Waals surface area contributed by atoms with E-state index in [1.807, 2.05) is 19.9 Å². The second-order valence-corrected chi connectivity index (χ2v) is 8.05. The van der Waals surface area contributed by atoms with Crippen LogP contribution in [0.1, 0.15) is 11.1 Å². The van der Waals surface area contributed by atoms with E-state index in [1.54, 1.807) is 24.3 Å². The third-order valence-electron chi connectivity index (χ3n) is 3.05. The topological polar surface area (TPSA) is 72.2 Å². The molecule has 0 saturated heterocycles. The van der Waals surface area contributed by atoms with Crippen LogP contribution >= 0.6 is 31.9 Å². The molecule has 21 heavy (non-hydrogen) atoms. The predicted octanol–water partition coefficient (Wildman–Crippen LogP) is 4.21. The maximum Gasteiger partial charge on any atom is 0.264 e. The van der Waals surface area contributed by atoms with Crippen LogP contribution in [0.2, 0.25) is 0 Å². The fourth-order valence-electron chi connectivity index (χ4n) is 1.85. The zero-order valence-corrected chi connectivity index (χ0v) is 15.4. The first-order valence-corrected chi connectivity index (χ1v) is 9.12. The van der Waals surface area contributed by atoms with Gasteiger partial charge in [0.15, 0.2) is 0 Å². The summed E-state index contributed by atoms with van der Waals surface area (Å²) in [5.74, 6) is 0. The summed E-state index contributed by atoms with van der Waals surface area (Å²) in [6.45, 7) is 3.91. The van der Waals surface area contributed by atoms with Crippen LogP contribution in [0.25, 0.3) is 0 Å². The van der Waals surface area contributed by atoms with Crippen molar-refractivity contribution in [2.75, 3.05) is 10.5 Å². The van der Waals surface area contributed by atoms with Crippen LogP contribution in [0.4, 0.5) is 11.4 Å². The number of halogens is 2. The normalized spacial score (nSPS) is 11.4. The minimum Gasteiger partial charge on any atom is -0.399 e. The van der Waals surface area contributed by atoms with Crippen molar-refractivity contribution in [1.29, 1.82) is 0 Å². The Morgan fingerprint density at radius 1 is 1.00 bits per heavy atom. The standard InChI is InChI=1S/C14H14Br2N2O2S/c1-8-3-4-11(5-9(8)2)18-21(19,20)14-12(15)6-10(17)7-13(14)16/h3-7,18H,17H2,1-2H3. The highest BCUT2D eigenvalue weighted by molar-refractivity contribution is 9.11. The Morgan fingerprint density at radius 3 is 2.10 bits per heavy atom. The lowest BCUT2D eigenvalue weighted by atomic mass is 10.1. The molecule has 0 atom stereocenters. The zero-order valence-electron chi connectivity index (χ0n) is 11.4. The SMILES string of the molecule is Cc1ccc(NS(=O)(=O)c2c(Br)cc(N)cc2Br)cc1C. The molecule has 0 bridgehead atoms. The van der Waals surface area contributed by atoms with E-state index in [2.05, 4.69) is 36.6 Å². The number of hydrogen-bond acceptors (Lipinski definition) is 3. The highest BCUT2D eigenvalue weighted by atomic mass is 79.9. The van der Waals surface area contributed by atoms with Crippen molar-refractivity contribution in [2.24, 2.45) is 0 Å². The molecule has 0 heterocycles. The Kier molecular flexibility index (Phi) is 4.65. The number of hydrogen-bond donors (Lipinski definition) is 2. The summed E-state index contributed by atoms with van der Waals surface area (Å²) in [7, 11) is -3.72. The van der Waals surface area contributed by atoms with Crippen LogP contribution in [-0.2, 0) is 10.0 Å². The van der Waals surface area contributed by atoms with Crippen LogP contribution in [-0.4, -0.2) is 8.42 Å².